The number of phenols is 1. The van der Waals surface area contributed by atoms with E-state index in [1.807, 2.05) is 36.6 Å². The number of carbonyl (C=O) groups excluding carboxylic acids is 1. The molecule has 6 nitrogen and oxygen atoms in total. The van der Waals surface area contributed by atoms with Crippen LogP contribution in [0, 0.1) is 13.8 Å². The van der Waals surface area contributed by atoms with Gasteiger partial charge in [0, 0.05) is 24.0 Å². The summed E-state index contributed by atoms with van der Waals surface area (Å²) in [6, 6.07) is 8.68. The molecule has 2 amide bonds. The fourth-order valence-electron chi connectivity index (χ4n) is 2.66. The molecular formula is C19H20N4O2. The maximum absolute atomic E-state index is 11.8. The van der Waals surface area contributed by atoms with Crippen molar-refractivity contribution in [1.29, 1.82) is 0 Å². The molecule has 25 heavy (non-hydrogen) atoms. The second-order valence-electron chi connectivity index (χ2n) is 5.83. The molecule has 0 aliphatic carbocycles. The first-order chi connectivity index (χ1) is 12.0. The molecule has 0 atom stereocenters. The van der Waals surface area contributed by atoms with Crippen LogP contribution >= 0.6 is 0 Å². The maximum atomic E-state index is 11.8. The lowest BCUT2D eigenvalue weighted by Gasteiger charge is -2.09. The zero-order valence-electron chi connectivity index (χ0n) is 14.2. The lowest BCUT2D eigenvalue weighted by atomic mass is 10.1. The first-order valence-corrected chi connectivity index (χ1v) is 7.94. The van der Waals surface area contributed by atoms with E-state index in [9.17, 15) is 9.90 Å². The molecule has 3 aromatic rings. The fraction of sp³-hybridized carbons (Fsp3) is 0.158. The Hall–Kier alpha value is -3.28. The number of aromatic nitrogens is 2. The number of amides is 2. The molecule has 2 aromatic heterocycles. The number of hydrogen-bond acceptors (Lipinski definition) is 3. The van der Waals surface area contributed by atoms with Gasteiger partial charge in [-0.3, -0.25) is 0 Å². The van der Waals surface area contributed by atoms with E-state index in [1.165, 1.54) is 0 Å². The highest BCUT2D eigenvalue weighted by Gasteiger charge is 2.13. The van der Waals surface area contributed by atoms with Crippen molar-refractivity contribution >= 4 is 17.4 Å². The van der Waals surface area contributed by atoms with Gasteiger partial charge in [-0.1, -0.05) is 6.08 Å². The summed E-state index contributed by atoms with van der Waals surface area (Å²) in [6.45, 7) is 7.90. The molecule has 3 N–H and O–H groups in total. The van der Waals surface area contributed by atoms with Gasteiger partial charge in [0.1, 0.15) is 11.4 Å². The summed E-state index contributed by atoms with van der Waals surface area (Å²) in [5.41, 5.74) is 4.93. The summed E-state index contributed by atoms with van der Waals surface area (Å²) in [4.78, 5) is 16.5. The average molecular weight is 336 g/mol. The molecule has 0 fully saturated rings. The summed E-state index contributed by atoms with van der Waals surface area (Å²) in [5, 5.41) is 15.3. The molecule has 0 saturated heterocycles. The molecule has 3 rings (SSSR count). The van der Waals surface area contributed by atoms with Crippen molar-refractivity contribution in [3.8, 4) is 17.0 Å². The SMILES string of the molecule is C=CCNC(=O)Nc1cc(-c2nc3cc(C)ccn3c2C)ccc1O. The van der Waals surface area contributed by atoms with E-state index in [1.54, 1.807) is 24.3 Å². The number of phenolic OH excluding ortho intramolecular Hbond substituents is 1. The predicted molar refractivity (Wildman–Crippen MR) is 99.0 cm³/mol. The van der Waals surface area contributed by atoms with Crippen LogP contribution in [-0.2, 0) is 0 Å². The molecule has 0 spiro atoms. The van der Waals surface area contributed by atoms with Crippen molar-refractivity contribution in [2.75, 3.05) is 11.9 Å². The monoisotopic (exact) mass is 336 g/mol. The number of pyridine rings is 1. The zero-order valence-corrected chi connectivity index (χ0v) is 14.2. The minimum atomic E-state index is -0.408. The molecule has 0 bridgehead atoms. The molecule has 0 radical (unpaired) electrons. The van der Waals surface area contributed by atoms with Gasteiger partial charge >= 0.3 is 6.03 Å². The molecule has 0 aliphatic heterocycles. The van der Waals surface area contributed by atoms with Crippen LogP contribution in [0.4, 0.5) is 10.5 Å². The molecule has 128 valence electrons. The van der Waals surface area contributed by atoms with Crippen molar-refractivity contribution in [1.82, 2.24) is 14.7 Å². The minimum absolute atomic E-state index is 0.00485. The molecule has 2 heterocycles. The Morgan fingerprint density at radius 2 is 2.12 bits per heavy atom. The van der Waals surface area contributed by atoms with E-state index in [4.69, 9.17) is 0 Å². The van der Waals surface area contributed by atoms with Gasteiger partial charge in [-0.15, -0.1) is 6.58 Å². The Morgan fingerprint density at radius 1 is 1.32 bits per heavy atom. The van der Waals surface area contributed by atoms with Gasteiger partial charge in [-0.25, -0.2) is 9.78 Å². The van der Waals surface area contributed by atoms with E-state index in [0.717, 1.165) is 28.2 Å². The van der Waals surface area contributed by atoms with Gasteiger partial charge in [0.15, 0.2) is 0 Å². The lowest BCUT2D eigenvalue weighted by molar-refractivity contribution is 0.253. The molecule has 0 unspecified atom stereocenters. The topological polar surface area (TPSA) is 78.7 Å². The van der Waals surface area contributed by atoms with Crippen molar-refractivity contribution in [2.24, 2.45) is 0 Å². The summed E-state index contributed by atoms with van der Waals surface area (Å²) < 4.78 is 2.01. The van der Waals surface area contributed by atoms with Crippen molar-refractivity contribution in [2.45, 2.75) is 13.8 Å². The first-order valence-electron chi connectivity index (χ1n) is 7.94. The Balaban J connectivity index is 1.98. The Kier molecular flexibility index (Phi) is 4.43. The van der Waals surface area contributed by atoms with E-state index in [-0.39, 0.29) is 5.75 Å². The standard InChI is InChI=1S/C19H20N4O2/c1-4-8-20-19(25)21-15-11-14(5-6-16(15)24)18-13(3)23-9-7-12(2)10-17(23)22-18/h4-7,9-11,24H,1,8H2,2-3H3,(H2,20,21,25). The fourth-order valence-corrected chi connectivity index (χ4v) is 2.66. The van der Waals surface area contributed by atoms with Crippen molar-refractivity contribution < 1.29 is 9.90 Å². The molecule has 0 aliphatic rings. The molecular weight excluding hydrogens is 316 g/mol. The van der Waals surface area contributed by atoms with E-state index < -0.39 is 6.03 Å². The largest absolute Gasteiger partial charge is 0.506 e. The van der Waals surface area contributed by atoms with Gasteiger partial charge in [0.2, 0.25) is 0 Å². The summed E-state index contributed by atoms with van der Waals surface area (Å²) in [7, 11) is 0. The average Bonchev–Trinajstić information content (AvgIpc) is 2.91. The van der Waals surface area contributed by atoms with E-state index in [0.29, 0.717) is 12.2 Å². The number of rotatable bonds is 4. The summed E-state index contributed by atoms with van der Waals surface area (Å²) in [5.74, 6) is -0.00485. The second-order valence-corrected chi connectivity index (χ2v) is 5.83. The predicted octanol–water partition coefficient (Wildman–Crippen LogP) is 3.63. The number of benzene rings is 1. The number of hydrogen-bond donors (Lipinski definition) is 3. The second kappa shape index (κ2) is 6.68. The third-order valence-electron chi connectivity index (χ3n) is 3.95. The zero-order chi connectivity index (χ0) is 18.0. The third kappa shape index (κ3) is 3.33. The number of anilines is 1. The highest BCUT2D eigenvalue weighted by atomic mass is 16.3. The normalized spacial score (nSPS) is 10.6. The van der Waals surface area contributed by atoms with Crippen molar-refractivity contribution in [3.05, 3.63) is 60.4 Å². The van der Waals surface area contributed by atoms with Crippen LogP contribution in [0.1, 0.15) is 11.3 Å². The first kappa shape index (κ1) is 16.6. The number of fused-ring (bicyclic) bond motifs is 1. The van der Waals surface area contributed by atoms with Gasteiger partial charge in [-0.2, -0.15) is 0 Å². The van der Waals surface area contributed by atoms with E-state index in [2.05, 4.69) is 22.2 Å². The third-order valence-corrected chi connectivity index (χ3v) is 3.95. The number of aromatic hydroxyl groups is 1. The molecule has 1 aromatic carbocycles. The van der Waals surface area contributed by atoms with Crippen molar-refractivity contribution in [3.63, 3.8) is 0 Å². The molecule has 6 heteroatoms. The number of aryl methyl sites for hydroxylation is 2. The van der Waals surface area contributed by atoms with Gasteiger partial charge in [-0.05, 0) is 49.7 Å². The van der Waals surface area contributed by atoms with E-state index >= 15 is 0 Å². The number of nitrogens with zero attached hydrogens (tertiary/aromatic N) is 2. The Bertz CT molecular complexity index is 959. The maximum Gasteiger partial charge on any atom is 0.319 e. The summed E-state index contributed by atoms with van der Waals surface area (Å²) in [6.07, 6.45) is 3.57. The Morgan fingerprint density at radius 3 is 2.88 bits per heavy atom. The smallest absolute Gasteiger partial charge is 0.319 e. The van der Waals surface area contributed by atoms with Gasteiger partial charge < -0.3 is 20.1 Å². The van der Waals surface area contributed by atoms with Crippen LogP contribution < -0.4 is 10.6 Å². The Labute approximate surface area is 145 Å². The lowest BCUT2D eigenvalue weighted by Crippen LogP contribution is -2.28. The van der Waals surface area contributed by atoms with Gasteiger partial charge in [0.05, 0.1) is 11.4 Å². The minimum Gasteiger partial charge on any atom is -0.506 e. The highest BCUT2D eigenvalue weighted by molar-refractivity contribution is 5.92. The number of imidazole rings is 1. The summed E-state index contributed by atoms with van der Waals surface area (Å²) >= 11 is 0. The van der Waals surface area contributed by atoms with Gasteiger partial charge in [0.25, 0.3) is 0 Å². The van der Waals surface area contributed by atoms with Crippen LogP contribution in [0.5, 0.6) is 5.75 Å². The number of urea groups is 1. The number of carbonyl (C=O) groups is 1. The number of nitrogens with one attached hydrogen (secondary N) is 2. The van der Waals surface area contributed by atoms with Crippen LogP contribution in [0.2, 0.25) is 0 Å². The molecule has 0 saturated carbocycles. The van der Waals surface area contributed by atoms with Crippen LogP contribution in [0.15, 0.2) is 49.2 Å². The van der Waals surface area contributed by atoms with Crippen LogP contribution in [0.3, 0.4) is 0 Å². The van der Waals surface area contributed by atoms with Crippen LogP contribution in [0.25, 0.3) is 16.9 Å². The van der Waals surface area contributed by atoms with Crippen LogP contribution in [-0.4, -0.2) is 27.1 Å². The highest BCUT2D eigenvalue weighted by Crippen LogP contribution is 2.31. The quantitative estimate of drug-likeness (QED) is 0.503.